The minimum atomic E-state index is -0.415. The Labute approximate surface area is 140 Å². The smallest absolute Gasteiger partial charge is 0.407 e. The van der Waals surface area contributed by atoms with Gasteiger partial charge >= 0.3 is 6.09 Å². The second-order valence-electron chi connectivity index (χ2n) is 6.09. The summed E-state index contributed by atoms with van der Waals surface area (Å²) in [5.41, 5.74) is 1.35. The predicted octanol–water partition coefficient (Wildman–Crippen LogP) is 3.02. The van der Waals surface area contributed by atoms with Crippen molar-refractivity contribution in [3.8, 4) is 0 Å². The number of alkyl carbamates (subject to hydrolysis) is 1. The SMILES string of the molecule is O=C(NC1CCCCC1)OCc1cn(Cc2cccc(F)c2)nn1. The molecule has 0 unspecified atom stereocenters. The lowest BCUT2D eigenvalue weighted by Gasteiger charge is -2.22. The molecule has 1 aromatic carbocycles. The highest BCUT2D eigenvalue weighted by molar-refractivity contribution is 5.67. The van der Waals surface area contributed by atoms with Crippen molar-refractivity contribution in [3.63, 3.8) is 0 Å². The molecule has 1 fully saturated rings. The topological polar surface area (TPSA) is 69.0 Å². The minimum Gasteiger partial charge on any atom is -0.443 e. The summed E-state index contributed by atoms with van der Waals surface area (Å²) >= 11 is 0. The molecule has 1 N–H and O–H groups in total. The molecule has 0 bridgehead atoms. The number of carbonyl (C=O) groups excluding carboxylic acids is 1. The first-order chi connectivity index (χ1) is 11.7. The summed E-state index contributed by atoms with van der Waals surface area (Å²) in [6, 6.07) is 6.54. The first-order valence-electron chi connectivity index (χ1n) is 8.26. The Morgan fingerprint density at radius 3 is 2.96 bits per heavy atom. The number of ether oxygens (including phenoxy) is 1. The van der Waals surface area contributed by atoms with Crippen molar-refractivity contribution in [1.29, 1.82) is 0 Å². The van der Waals surface area contributed by atoms with Crippen LogP contribution in [0.1, 0.15) is 43.4 Å². The van der Waals surface area contributed by atoms with Crippen LogP contribution in [-0.4, -0.2) is 27.1 Å². The van der Waals surface area contributed by atoms with E-state index in [0.29, 0.717) is 12.2 Å². The number of amides is 1. The van der Waals surface area contributed by atoms with Crippen molar-refractivity contribution in [2.45, 2.75) is 51.3 Å². The highest BCUT2D eigenvalue weighted by atomic mass is 19.1. The number of nitrogens with one attached hydrogen (secondary N) is 1. The Morgan fingerprint density at radius 1 is 1.33 bits per heavy atom. The molecule has 3 rings (SSSR count). The van der Waals surface area contributed by atoms with E-state index < -0.39 is 6.09 Å². The monoisotopic (exact) mass is 332 g/mol. The molecule has 1 saturated carbocycles. The molecule has 6 nitrogen and oxygen atoms in total. The van der Waals surface area contributed by atoms with E-state index in [1.807, 2.05) is 6.07 Å². The summed E-state index contributed by atoms with van der Waals surface area (Å²) in [7, 11) is 0. The molecule has 1 aliphatic carbocycles. The standard InChI is InChI=1S/C17H21FN4O2/c18-14-6-4-5-13(9-14)10-22-11-16(20-21-22)12-24-17(23)19-15-7-2-1-3-8-15/h4-6,9,11,15H,1-3,7-8,10,12H2,(H,19,23). The third kappa shape index (κ3) is 4.78. The second-order valence-corrected chi connectivity index (χ2v) is 6.09. The number of carbonyl (C=O) groups is 1. The lowest BCUT2D eigenvalue weighted by molar-refractivity contribution is 0.131. The van der Waals surface area contributed by atoms with Crippen molar-refractivity contribution in [3.05, 3.63) is 47.5 Å². The van der Waals surface area contributed by atoms with Crippen LogP contribution in [-0.2, 0) is 17.9 Å². The van der Waals surface area contributed by atoms with Gasteiger partial charge < -0.3 is 10.1 Å². The van der Waals surface area contributed by atoms with E-state index in [-0.39, 0.29) is 18.5 Å². The van der Waals surface area contributed by atoms with Crippen LogP contribution >= 0.6 is 0 Å². The lowest BCUT2D eigenvalue weighted by Crippen LogP contribution is -2.36. The van der Waals surface area contributed by atoms with E-state index in [9.17, 15) is 9.18 Å². The van der Waals surface area contributed by atoms with Gasteiger partial charge in [-0.1, -0.05) is 36.6 Å². The molecule has 1 heterocycles. The second kappa shape index (κ2) is 7.90. The van der Waals surface area contributed by atoms with Crippen LogP contribution in [0.5, 0.6) is 0 Å². The van der Waals surface area contributed by atoms with E-state index in [4.69, 9.17) is 4.74 Å². The summed E-state index contributed by atoms with van der Waals surface area (Å²) in [5, 5.41) is 10.8. The molecule has 0 saturated heterocycles. The summed E-state index contributed by atoms with van der Waals surface area (Å²) in [6.07, 6.45) is 6.85. The van der Waals surface area contributed by atoms with E-state index in [0.717, 1.165) is 31.2 Å². The van der Waals surface area contributed by atoms with Crippen molar-refractivity contribution in [2.24, 2.45) is 0 Å². The maximum atomic E-state index is 13.2. The van der Waals surface area contributed by atoms with Gasteiger partial charge in [-0.2, -0.15) is 0 Å². The molecule has 1 aromatic heterocycles. The minimum absolute atomic E-state index is 0.0711. The quantitative estimate of drug-likeness (QED) is 0.914. The highest BCUT2D eigenvalue weighted by Crippen LogP contribution is 2.17. The first kappa shape index (κ1) is 16.4. The summed E-state index contributed by atoms with van der Waals surface area (Å²) in [5.74, 6) is -0.282. The molecule has 1 aliphatic rings. The van der Waals surface area contributed by atoms with Crippen molar-refractivity contribution < 1.29 is 13.9 Å². The van der Waals surface area contributed by atoms with Gasteiger partial charge in [0.15, 0.2) is 0 Å². The van der Waals surface area contributed by atoms with E-state index in [1.54, 1.807) is 16.9 Å². The van der Waals surface area contributed by atoms with Crippen LogP contribution in [0.15, 0.2) is 30.5 Å². The lowest BCUT2D eigenvalue weighted by atomic mass is 9.96. The zero-order valence-corrected chi connectivity index (χ0v) is 13.4. The van der Waals surface area contributed by atoms with E-state index in [1.165, 1.54) is 18.6 Å². The number of benzene rings is 1. The molecule has 0 atom stereocenters. The Hall–Kier alpha value is -2.44. The maximum Gasteiger partial charge on any atom is 0.407 e. The average Bonchev–Trinajstić information content (AvgIpc) is 3.01. The Bertz CT molecular complexity index is 683. The Balaban J connectivity index is 1.46. The van der Waals surface area contributed by atoms with Crippen LogP contribution in [0.2, 0.25) is 0 Å². The van der Waals surface area contributed by atoms with Gasteiger partial charge in [-0.05, 0) is 30.5 Å². The molecule has 0 radical (unpaired) electrons. The number of hydrogen-bond donors (Lipinski definition) is 1. The molecule has 1 amide bonds. The molecule has 0 spiro atoms. The number of rotatable bonds is 5. The van der Waals surface area contributed by atoms with Crippen LogP contribution in [0.4, 0.5) is 9.18 Å². The molecular formula is C17H21FN4O2. The van der Waals surface area contributed by atoms with Gasteiger partial charge in [-0.15, -0.1) is 5.10 Å². The third-order valence-corrected chi connectivity index (χ3v) is 4.10. The Kier molecular flexibility index (Phi) is 5.40. The number of aromatic nitrogens is 3. The van der Waals surface area contributed by atoms with Crippen LogP contribution in [0.25, 0.3) is 0 Å². The fourth-order valence-corrected chi connectivity index (χ4v) is 2.90. The molecular weight excluding hydrogens is 311 g/mol. The molecule has 0 aliphatic heterocycles. The van der Waals surface area contributed by atoms with Gasteiger partial charge in [0.05, 0.1) is 12.7 Å². The normalized spacial score (nSPS) is 15.2. The third-order valence-electron chi connectivity index (χ3n) is 4.10. The van der Waals surface area contributed by atoms with Gasteiger partial charge in [0, 0.05) is 6.04 Å². The summed E-state index contributed by atoms with van der Waals surface area (Å²) < 4.78 is 19.9. The number of nitrogens with zero attached hydrogens (tertiary/aromatic N) is 3. The zero-order valence-electron chi connectivity index (χ0n) is 13.4. The molecule has 2 aromatic rings. The van der Waals surface area contributed by atoms with Crippen molar-refractivity contribution >= 4 is 6.09 Å². The van der Waals surface area contributed by atoms with Crippen LogP contribution in [0.3, 0.4) is 0 Å². The molecule has 128 valence electrons. The van der Waals surface area contributed by atoms with Crippen LogP contribution < -0.4 is 5.32 Å². The fourth-order valence-electron chi connectivity index (χ4n) is 2.90. The van der Waals surface area contributed by atoms with Gasteiger partial charge in [0.25, 0.3) is 0 Å². The van der Waals surface area contributed by atoms with Gasteiger partial charge in [-0.25, -0.2) is 13.9 Å². The van der Waals surface area contributed by atoms with Gasteiger partial charge in [-0.3, -0.25) is 0 Å². The maximum absolute atomic E-state index is 13.2. The highest BCUT2D eigenvalue weighted by Gasteiger charge is 2.16. The average molecular weight is 332 g/mol. The van der Waals surface area contributed by atoms with Crippen LogP contribution in [0, 0.1) is 5.82 Å². The van der Waals surface area contributed by atoms with Crippen molar-refractivity contribution in [2.75, 3.05) is 0 Å². The largest absolute Gasteiger partial charge is 0.443 e. The molecule has 7 heteroatoms. The van der Waals surface area contributed by atoms with Gasteiger partial charge in [0.2, 0.25) is 0 Å². The fraction of sp³-hybridized carbons (Fsp3) is 0.471. The predicted molar refractivity (Wildman–Crippen MR) is 85.7 cm³/mol. The zero-order chi connectivity index (χ0) is 16.8. The van der Waals surface area contributed by atoms with Crippen molar-refractivity contribution in [1.82, 2.24) is 20.3 Å². The number of hydrogen-bond acceptors (Lipinski definition) is 4. The molecule has 24 heavy (non-hydrogen) atoms. The Morgan fingerprint density at radius 2 is 2.17 bits per heavy atom. The van der Waals surface area contributed by atoms with E-state index in [2.05, 4.69) is 15.6 Å². The number of halogens is 1. The summed E-state index contributed by atoms with van der Waals surface area (Å²) in [4.78, 5) is 11.8. The summed E-state index contributed by atoms with van der Waals surface area (Å²) in [6.45, 7) is 0.487. The van der Waals surface area contributed by atoms with E-state index >= 15 is 0 Å². The van der Waals surface area contributed by atoms with Gasteiger partial charge in [0.1, 0.15) is 18.1 Å². The first-order valence-corrected chi connectivity index (χ1v) is 8.26.